The second-order valence-corrected chi connectivity index (χ2v) is 6.43. The third-order valence-electron chi connectivity index (χ3n) is 3.66. The van der Waals surface area contributed by atoms with Gasteiger partial charge in [-0.25, -0.2) is 9.67 Å². The lowest BCUT2D eigenvalue weighted by atomic mass is 10.1. The maximum atomic E-state index is 12.5. The number of hydrogen-bond donors (Lipinski definition) is 2. The smallest absolute Gasteiger partial charge is 0.252 e. The summed E-state index contributed by atoms with van der Waals surface area (Å²) in [6.07, 6.45) is 1.68. The minimum atomic E-state index is -0.187. The van der Waals surface area contributed by atoms with E-state index in [4.69, 9.17) is 0 Å². The van der Waals surface area contributed by atoms with Gasteiger partial charge in [-0.15, -0.1) is 0 Å². The number of nitrogens with zero attached hydrogens (tertiary/aromatic N) is 3. The van der Waals surface area contributed by atoms with Crippen molar-refractivity contribution in [2.75, 3.05) is 13.1 Å². The molecule has 130 valence electrons. The molecule has 0 radical (unpaired) electrons. The number of fused-ring (bicyclic) bond motifs is 1. The molecule has 0 aliphatic carbocycles. The van der Waals surface area contributed by atoms with Gasteiger partial charge in [0.1, 0.15) is 0 Å². The summed E-state index contributed by atoms with van der Waals surface area (Å²) in [6.45, 7) is 10.3. The number of rotatable bonds is 6. The van der Waals surface area contributed by atoms with Crippen LogP contribution in [0.15, 0.2) is 12.3 Å². The topological polar surface area (TPSA) is 88.9 Å². The molecule has 2 aromatic rings. The van der Waals surface area contributed by atoms with Crippen LogP contribution in [0, 0.1) is 12.8 Å². The van der Waals surface area contributed by atoms with Crippen LogP contribution in [0.25, 0.3) is 11.0 Å². The number of aryl methyl sites for hydroxylation is 1. The summed E-state index contributed by atoms with van der Waals surface area (Å²) in [5.41, 5.74) is 2.03. The summed E-state index contributed by atoms with van der Waals surface area (Å²) in [6, 6.07) is 1.93. The molecule has 2 rings (SSSR count). The van der Waals surface area contributed by atoms with Crippen molar-refractivity contribution >= 4 is 22.8 Å². The van der Waals surface area contributed by atoms with Crippen molar-refractivity contribution in [2.24, 2.45) is 5.92 Å². The van der Waals surface area contributed by atoms with Crippen LogP contribution in [0.2, 0.25) is 0 Å². The van der Waals surface area contributed by atoms with Gasteiger partial charge in [-0.2, -0.15) is 5.10 Å². The molecule has 0 unspecified atom stereocenters. The summed E-state index contributed by atoms with van der Waals surface area (Å²) in [5, 5.41) is 10.7. The Labute approximate surface area is 141 Å². The van der Waals surface area contributed by atoms with Crippen LogP contribution >= 0.6 is 0 Å². The van der Waals surface area contributed by atoms with Gasteiger partial charge in [0.05, 0.1) is 17.1 Å². The third kappa shape index (κ3) is 3.90. The van der Waals surface area contributed by atoms with E-state index in [2.05, 4.69) is 20.7 Å². The maximum absolute atomic E-state index is 12.5. The highest BCUT2D eigenvalue weighted by Gasteiger charge is 2.16. The first kappa shape index (κ1) is 17.9. The maximum Gasteiger partial charge on any atom is 0.252 e. The molecule has 0 aliphatic heterocycles. The quantitative estimate of drug-likeness (QED) is 0.790. The highest BCUT2D eigenvalue weighted by Crippen LogP contribution is 2.20. The molecule has 0 fully saturated rings. The fourth-order valence-corrected chi connectivity index (χ4v) is 2.37. The number of hydrogen-bond acceptors (Lipinski definition) is 4. The Morgan fingerprint density at radius 2 is 1.83 bits per heavy atom. The average molecular weight is 331 g/mol. The van der Waals surface area contributed by atoms with Crippen molar-refractivity contribution in [1.29, 1.82) is 0 Å². The molecule has 0 aromatic carbocycles. The van der Waals surface area contributed by atoms with Crippen molar-refractivity contribution in [3.63, 3.8) is 0 Å². The summed E-state index contributed by atoms with van der Waals surface area (Å²) in [4.78, 5) is 28.5. The molecule has 2 heterocycles. The van der Waals surface area contributed by atoms with Crippen molar-refractivity contribution in [3.8, 4) is 0 Å². The molecule has 24 heavy (non-hydrogen) atoms. The second kappa shape index (κ2) is 7.42. The summed E-state index contributed by atoms with van der Waals surface area (Å²) in [5.74, 6) is -0.276. The molecule has 2 N–H and O–H groups in total. The van der Waals surface area contributed by atoms with Crippen molar-refractivity contribution in [3.05, 3.63) is 23.5 Å². The van der Waals surface area contributed by atoms with Gasteiger partial charge in [0.2, 0.25) is 5.91 Å². The first-order valence-corrected chi connectivity index (χ1v) is 8.22. The van der Waals surface area contributed by atoms with Crippen LogP contribution in [0.5, 0.6) is 0 Å². The van der Waals surface area contributed by atoms with E-state index in [0.717, 1.165) is 11.1 Å². The zero-order chi connectivity index (χ0) is 17.9. The lowest BCUT2D eigenvalue weighted by molar-refractivity contribution is -0.123. The predicted molar refractivity (Wildman–Crippen MR) is 92.8 cm³/mol. The molecule has 0 aliphatic rings. The van der Waals surface area contributed by atoms with E-state index in [1.807, 2.05) is 39.3 Å². The summed E-state index contributed by atoms with van der Waals surface area (Å²) >= 11 is 0. The van der Waals surface area contributed by atoms with Crippen molar-refractivity contribution in [1.82, 2.24) is 25.4 Å². The molecule has 2 aromatic heterocycles. The van der Waals surface area contributed by atoms with Gasteiger partial charge in [0, 0.05) is 30.7 Å². The Kier molecular flexibility index (Phi) is 5.54. The van der Waals surface area contributed by atoms with Crippen LogP contribution in [0.1, 0.15) is 49.8 Å². The molecule has 0 saturated carbocycles. The van der Waals surface area contributed by atoms with E-state index in [-0.39, 0.29) is 23.8 Å². The molecule has 0 saturated heterocycles. The minimum Gasteiger partial charge on any atom is -0.354 e. The lowest BCUT2D eigenvalue weighted by Gasteiger charge is -2.10. The Morgan fingerprint density at radius 1 is 1.17 bits per heavy atom. The van der Waals surface area contributed by atoms with Crippen molar-refractivity contribution in [2.45, 2.75) is 40.7 Å². The summed E-state index contributed by atoms with van der Waals surface area (Å²) < 4.78 is 1.81. The zero-order valence-electron chi connectivity index (χ0n) is 14.9. The Hall–Kier alpha value is -2.44. The third-order valence-corrected chi connectivity index (χ3v) is 3.66. The van der Waals surface area contributed by atoms with Gasteiger partial charge < -0.3 is 10.6 Å². The largest absolute Gasteiger partial charge is 0.354 e. The van der Waals surface area contributed by atoms with Crippen LogP contribution < -0.4 is 10.6 Å². The van der Waals surface area contributed by atoms with Gasteiger partial charge in [-0.3, -0.25) is 9.59 Å². The van der Waals surface area contributed by atoms with E-state index >= 15 is 0 Å². The molecule has 0 bridgehead atoms. The molecule has 2 amide bonds. The lowest BCUT2D eigenvalue weighted by Crippen LogP contribution is -2.36. The number of amides is 2. The predicted octanol–water partition coefficient (Wildman–Crippen LogP) is 1.82. The van der Waals surface area contributed by atoms with E-state index < -0.39 is 0 Å². The summed E-state index contributed by atoms with van der Waals surface area (Å²) in [7, 11) is 0. The second-order valence-electron chi connectivity index (χ2n) is 6.43. The first-order valence-electron chi connectivity index (χ1n) is 8.22. The van der Waals surface area contributed by atoms with E-state index in [1.165, 1.54) is 0 Å². The Balaban J connectivity index is 2.11. The number of nitrogens with one attached hydrogen (secondary N) is 2. The van der Waals surface area contributed by atoms with Gasteiger partial charge in [-0.05, 0) is 26.8 Å². The van der Waals surface area contributed by atoms with E-state index in [0.29, 0.717) is 24.3 Å². The highest BCUT2D eigenvalue weighted by atomic mass is 16.2. The highest BCUT2D eigenvalue weighted by molar-refractivity contribution is 6.05. The number of pyridine rings is 1. The number of aromatic nitrogens is 3. The van der Waals surface area contributed by atoms with Crippen LogP contribution in [-0.4, -0.2) is 39.7 Å². The SMILES string of the molecule is Cc1cc(C(=O)NCCNC(=O)C(C)C)c2cnn(C(C)C)c2n1. The Morgan fingerprint density at radius 3 is 2.46 bits per heavy atom. The zero-order valence-corrected chi connectivity index (χ0v) is 14.9. The van der Waals surface area contributed by atoms with Crippen LogP contribution in [0.4, 0.5) is 0 Å². The van der Waals surface area contributed by atoms with E-state index in [9.17, 15) is 9.59 Å². The van der Waals surface area contributed by atoms with E-state index in [1.54, 1.807) is 12.3 Å². The number of carbonyl (C=O) groups is 2. The molecule has 0 atom stereocenters. The van der Waals surface area contributed by atoms with Crippen LogP contribution in [0.3, 0.4) is 0 Å². The van der Waals surface area contributed by atoms with Crippen LogP contribution in [-0.2, 0) is 4.79 Å². The normalized spacial score (nSPS) is 11.3. The van der Waals surface area contributed by atoms with Gasteiger partial charge in [0.15, 0.2) is 5.65 Å². The van der Waals surface area contributed by atoms with Gasteiger partial charge in [0.25, 0.3) is 5.91 Å². The number of carbonyl (C=O) groups excluding carboxylic acids is 2. The molecule has 7 nitrogen and oxygen atoms in total. The molecular formula is C17H25N5O2. The first-order chi connectivity index (χ1) is 11.3. The standard InChI is InChI=1S/C17H25N5O2/c1-10(2)16(23)18-6-7-19-17(24)13-8-12(5)21-15-14(13)9-20-22(15)11(3)4/h8-11H,6-7H2,1-5H3,(H,18,23)(H,19,24). The molecular weight excluding hydrogens is 306 g/mol. The monoisotopic (exact) mass is 331 g/mol. The van der Waals surface area contributed by atoms with Gasteiger partial charge >= 0.3 is 0 Å². The molecule has 0 spiro atoms. The fraction of sp³-hybridized carbons (Fsp3) is 0.529. The van der Waals surface area contributed by atoms with Gasteiger partial charge in [-0.1, -0.05) is 13.8 Å². The Bertz CT molecular complexity index is 749. The average Bonchev–Trinajstić information content (AvgIpc) is 2.93. The fourth-order valence-electron chi connectivity index (χ4n) is 2.37. The minimum absolute atomic E-state index is 0.0235. The molecule has 7 heteroatoms. The van der Waals surface area contributed by atoms with Crippen molar-refractivity contribution < 1.29 is 9.59 Å².